The fraction of sp³-hybridized carbons (Fsp3) is 0.316. The van der Waals surface area contributed by atoms with E-state index in [0.29, 0.717) is 16.7 Å². The summed E-state index contributed by atoms with van der Waals surface area (Å²) in [7, 11) is 0. The number of fused-ring (bicyclic) bond motifs is 1. The van der Waals surface area contributed by atoms with Crippen molar-refractivity contribution in [2.45, 2.75) is 39.6 Å². The molecule has 0 bridgehead atoms. The van der Waals surface area contributed by atoms with Gasteiger partial charge in [-0.1, -0.05) is 12.1 Å². The molecule has 27 heavy (non-hydrogen) atoms. The second kappa shape index (κ2) is 7.02. The Labute approximate surface area is 153 Å². The van der Waals surface area contributed by atoms with Crippen LogP contribution in [0.3, 0.4) is 0 Å². The van der Waals surface area contributed by atoms with Crippen molar-refractivity contribution in [2.75, 3.05) is 0 Å². The third-order valence-electron chi connectivity index (χ3n) is 4.03. The summed E-state index contributed by atoms with van der Waals surface area (Å²) in [5, 5.41) is 4.80. The molecule has 8 heteroatoms. The van der Waals surface area contributed by atoms with Gasteiger partial charge < -0.3 is 4.74 Å². The monoisotopic (exact) mass is 377 g/mol. The highest BCUT2D eigenvalue weighted by molar-refractivity contribution is 6.02. The maximum atomic E-state index is 12.8. The number of ether oxygens (including phenoxy) is 1. The molecule has 1 aromatic carbocycles. The Morgan fingerprint density at radius 3 is 2.67 bits per heavy atom. The van der Waals surface area contributed by atoms with Crippen molar-refractivity contribution < 1.29 is 22.7 Å². The maximum absolute atomic E-state index is 12.8. The molecule has 3 aromatic rings. The van der Waals surface area contributed by atoms with E-state index < -0.39 is 17.7 Å². The molecule has 0 aliphatic rings. The first-order chi connectivity index (χ1) is 12.7. The number of hydrogen-bond acceptors (Lipinski definition) is 4. The van der Waals surface area contributed by atoms with Crippen LogP contribution < -0.4 is 0 Å². The molecule has 3 rings (SSSR count). The molecule has 142 valence electrons. The molecule has 0 aliphatic heterocycles. The van der Waals surface area contributed by atoms with Gasteiger partial charge in [-0.05, 0) is 44.5 Å². The van der Waals surface area contributed by atoms with Crippen molar-refractivity contribution in [3.63, 3.8) is 0 Å². The van der Waals surface area contributed by atoms with Crippen LogP contribution in [0.4, 0.5) is 13.2 Å². The molecular weight excluding hydrogens is 359 g/mol. The van der Waals surface area contributed by atoms with Gasteiger partial charge in [0.1, 0.15) is 6.61 Å². The third-order valence-corrected chi connectivity index (χ3v) is 4.03. The SMILES string of the molecule is Cc1cc(C(=O)OCc2cccc(C(F)(F)F)c2)c2cnn(C(C)C)c2n1. The predicted molar refractivity (Wildman–Crippen MR) is 93.2 cm³/mol. The summed E-state index contributed by atoms with van der Waals surface area (Å²) in [6, 6.07) is 6.35. The largest absolute Gasteiger partial charge is 0.457 e. The average Bonchev–Trinajstić information content (AvgIpc) is 3.02. The minimum absolute atomic E-state index is 0.0609. The maximum Gasteiger partial charge on any atom is 0.416 e. The number of benzene rings is 1. The summed E-state index contributed by atoms with van der Waals surface area (Å²) >= 11 is 0. The number of carbonyl (C=O) groups excluding carboxylic acids is 1. The Balaban J connectivity index is 1.85. The number of alkyl halides is 3. The summed E-state index contributed by atoms with van der Waals surface area (Å²) < 4.78 is 45.3. The molecule has 0 spiro atoms. The fourth-order valence-corrected chi connectivity index (χ4v) is 2.75. The molecule has 0 aliphatic carbocycles. The number of rotatable bonds is 4. The van der Waals surface area contributed by atoms with E-state index in [0.717, 1.165) is 12.1 Å². The molecule has 0 saturated carbocycles. The number of pyridine rings is 1. The molecule has 0 N–H and O–H groups in total. The summed E-state index contributed by atoms with van der Waals surface area (Å²) in [6.07, 6.45) is -2.90. The van der Waals surface area contributed by atoms with Gasteiger partial charge in [-0.15, -0.1) is 0 Å². The zero-order valence-electron chi connectivity index (χ0n) is 15.0. The van der Waals surface area contributed by atoms with Gasteiger partial charge in [0.15, 0.2) is 5.65 Å². The van der Waals surface area contributed by atoms with E-state index in [1.165, 1.54) is 12.1 Å². The quantitative estimate of drug-likeness (QED) is 0.619. The number of carbonyl (C=O) groups is 1. The predicted octanol–water partition coefficient (Wildman–Crippen LogP) is 4.70. The minimum Gasteiger partial charge on any atom is -0.457 e. The first-order valence-corrected chi connectivity index (χ1v) is 8.35. The molecule has 0 radical (unpaired) electrons. The van der Waals surface area contributed by atoms with Crippen molar-refractivity contribution >= 4 is 17.0 Å². The van der Waals surface area contributed by atoms with Crippen molar-refractivity contribution in [1.29, 1.82) is 0 Å². The Morgan fingerprint density at radius 1 is 1.26 bits per heavy atom. The van der Waals surface area contributed by atoms with Crippen LogP contribution in [0, 0.1) is 6.92 Å². The summed E-state index contributed by atoms with van der Waals surface area (Å²) in [5.74, 6) is -0.633. The lowest BCUT2D eigenvalue weighted by Crippen LogP contribution is -2.09. The van der Waals surface area contributed by atoms with Crippen LogP contribution in [0.2, 0.25) is 0 Å². The van der Waals surface area contributed by atoms with Crippen LogP contribution in [0.15, 0.2) is 36.5 Å². The van der Waals surface area contributed by atoms with E-state index >= 15 is 0 Å². The Morgan fingerprint density at radius 2 is 2.00 bits per heavy atom. The lowest BCUT2D eigenvalue weighted by molar-refractivity contribution is -0.137. The highest BCUT2D eigenvalue weighted by Crippen LogP contribution is 2.30. The smallest absolute Gasteiger partial charge is 0.416 e. The average molecular weight is 377 g/mol. The standard InChI is InChI=1S/C19H18F3N3O2/c1-11(2)25-17-16(9-23-25)15(7-12(3)24-17)18(26)27-10-13-5-4-6-14(8-13)19(20,21)22/h4-9,11H,10H2,1-3H3. The molecule has 0 unspecified atom stereocenters. The Hall–Kier alpha value is -2.90. The van der Waals surface area contributed by atoms with E-state index in [2.05, 4.69) is 10.1 Å². The first kappa shape index (κ1) is 18.9. The second-order valence-electron chi connectivity index (χ2n) is 6.51. The number of esters is 1. The van der Waals surface area contributed by atoms with Gasteiger partial charge >= 0.3 is 12.1 Å². The lowest BCUT2D eigenvalue weighted by Gasteiger charge is -2.10. The van der Waals surface area contributed by atoms with Crippen LogP contribution in [-0.2, 0) is 17.5 Å². The van der Waals surface area contributed by atoms with Crippen molar-refractivity contribution in [3.8, 4) is 0 Å². The molecule has 0 atom stereocenters. The van der Waals surface area contributed by atoms with E-state index in [1.807, 2.05) is 13.8 Å². The van der Waals surface area contributed by atoms with E-state index in [-0.39, 0.29) is 23.8 Å². The molecule has 2 heterocycles. The van der Waals surface area contributed by atoms with Gasteiger partial charge in [0, 0.05) is 11.7 Å². The number of halogens is 3. The first-order valence-electron chi connectivity index (χ1n) is 8.35. The normalized spacial score (nSPS) is 12.0. The lowest BCUT2D eigenvalue weighted by atomic mass is 10.1. The van der Waals surface area contributed by atoms with Crippen LogP contribution >= 0.6 is 0 Å². The number of hydrogen-bond donors (Lipinski definition) is 0. The van der Waals surface area contributed by atoms with Crippen molar-refractivity contribution in [1.82, 2.24) is 14.8 Å². The van der Waals surface area contributed by atoms with Gasteiger partial charge in [0.2, 0.25) is 0 Å². The Kier molecular flexibility index (Phi) is 4.91. The van der Waals surface area contributed by atoms with E-state index in [1.54, 1.807) is 23.9 Å². The van der Waals surface area contributed by atoms with Crippen LogP contribution in [0.25, 0.3) is 11.0 Å². The minimum atomic E-state index is -4.44. The van der Waals surface area contributed by atoms with Gasteiger partial charge in [0.25, 0.3) is 0 Å². The van der Waals surface area contributed by atoms with Crippen LogP contribution in [0.5, 0.6) is 0 Å². The van der Waals surface area contributed by atoms with E-state index in [9.17, 15) is 18.0 Å². The summed E-state index contributed by atoms with van der Waals surface area (Å²) in [5.41, 5.74) is 0.956. The van der Waals surface area contributed by atoms with Crippen molar-refractivity contribution in [3.05, 3.63) is 58.9 Å². The number of aryl methyl sites for hydroxylation is 1. The number of aromatic nitrogens is 3. The van der Waals surface area contributed by atoms with E-state index in [4.69, 9.17) is 4.74 Å². The third kappa shape index (κ3) is 3.94. The molecule has 5 nitrogen and oxygen atoms in total. The van der Waals surface area contributed by atoms with Gasteiger partial charge in [-0.3, -0.25) is 0 Å². The van der Waals surface area contributed by atoms with Crippen LogP contribution in [0.1, 0.15) is 47.1 Å². The summed E-state index contributed by atoms with van der Waals surface area (Å²) in [6.45, 7) is 5.38. The van der Waals surface area contributed by atoms with Gasteiger partial charge in [-0.2, -0.15) is 18.3 Å². The zero-order valence-corrected chi connectivity index (χ0v) is 15.0. The molecule has 2 aromatic heterocycles. The second-order valence-corrected chi connectivity index (χ2v) is 6.51. The molecule has 0 fully saturated rings. The van der Waals surface area contributed by atoms with Gasteiger partial charge in [-0.25, -0.2) is 14.5 Å². The highest BCUT2D eigenvalue weighted by Gasteiger charge is 2.30. The summed E-state index contributed by atoms with van der Waals surface area (Å²) in [4.78, 5) is 17.0. The molecule has 0 amide bonds. The van der Waals surface area contributed by atoms with Crippen molar-refractivity contribution in [2.24, 2.45) is 0 Å². The Bertz CT molecular complexity index is 994. The fourth-order valence-electron chi connectivity index (χ4n) is 2.75. The van der Waals surface area contributed by atoms with Gasteiger partial charge in [0.05, 0.1) is 22.7 Å². The number of nitrogens with zero attached hydrogens (tertiary/aromatic N) is 3. The zero-order chi connectivity index (χ0) is 19.8. The molecular formula is C19H18F3N3O2. The van der Waals surface area contributed by atoms with Crippen LogP contribution in [-0.4, -0.2) is 20.7 Å². The highest BCUT2D eigenvalue weighted by atomic mass is 19.4. The molecule has 0 saturated heterocycles. The topological polar surface area (TPSA) is 57.0 Å².